The molecule has 86 valence electrons. The minimum atomic E-state index is -1.62. The molecule has 1 aliphatic heterocycles. The highest BCUT2D eigenvalue weighted by molar-refractivity contribution is 9.18. The lowest BCUT2D eigenvalue weighted by atomic mass is 10.4. The minimum Gasteiger partial charge on any atom is -0.445 e. The average Bonchev–Trinajstić information content (AvgIpc) is 2.47. The highest BCUT2D eigenvalue weighted by atomic mass is 79.9. The first-order chi connectivity index (χ1) is 6.88. The summed E-state index contributed by atoms with van der Waals surface area (Å²) in [4.78, 5) is 15.9. The predicted molar refractivity (Wildman–Crippen MR) is 60.9 cm³/mol. The number of amides is 1. The molecule has 0 fully saturated rings. The number of alkyl halides is 3. The molecule has 0 aromatic carbocycles. The van der Waals surface area contributed by atoms with E-state index in [0.717, 1.165) is 0 Å². The molecule has 0 aromatic heterocycles. The lowest BCUT2D eigenvalue weighted by Crippen LogP contribution is -2.40. The van der Waals surface area contributed by atoms with Gasteiger partial charge in [0.05, 0.1) is 0 Å². The second-order valence-corrected chi connectivity index (χ2v) is 5.93. The van der Waals surface area contributed by atoms with Crippen molar-refractivity contribution in [3.63, 3.8) is 0 Å². The molecule has 9 heteroatoms. The summed E-state index contributed by atoms with van der Waals surface area (Å²) in [7, 11) is 0. The van der Waals surface area contributed by atoms with Gasteiger partial charge in [0.25, 0.3) is 0 Å². The topological polar surface area (TPSA) is 59.9 Å². The van der Waals surface area contributed by atoms with Crippen LogP contribution in [0.15, 0.2) is 5.16 Å². The Bertz CT molecular complexity index is 281. The van der Waals surface area contributed by atoms with E-state index >= 15 is 0 Å². The van der Waals surface area contributed by atoms with Crippen LogP contribution in [-0.4, -0.2) is 33.8 Å². The summed E-state index contributed by atoms with van der Waals surface area (Å²) in [6, 6.07) is -0.368. The molecule has 5 nitrogen and oxygen atoms in total. The largest absolute Gasteiger partial charge is 0.445 e. The number of nitrogens with zero attached hydrogens (tertiary/aromatic N) is 1. The molecule has 0 saturated heterocycles. The number of ether oxygens (including phenoxy) is 1. The Morgan fingerprint density at radius 1 is 1.73 bits per heavy atom. The summed E-state index contributed by atoms with van der Waals surface area (Å²) < 4.78 is 3.50. The van der Waals surface area contributed by atoms with Crippen molar-refractivity contribution in [3.05, 3.63) is 0 Å². The fraction of sp³-hybridized carbons (Fsp3) is 0.667. The van der Waals surface area contributed by atoms with Gasteiger partial charge in [-0.05, 0) is 15.9 Å². The molecule has 1 unspecified atom stereocenters. The second kappa shape index (κ2) is 5.43. The first kappa shape index (κ1) is 13.2. The van der Waals surface area contributed by atoms with Crippen molar-refractivity contribution in [1.29, 1.82) is 0 Å². The number of hydrogen-bond donors (Lipinski definition) is 1. The van der Waals surface area contributed by atoms with E-state index in [9.17, 15) is 4.79 Å². The molecule has 0 spiro atoms. The van der Waals surface area contributed by atoms with E-state index in [2.05, 4.69) is 31.1 Å². The summed E-state index contributed by atoms with van der Waals surface area (Å²) in [5.41, 5.74) is 0. The van der Waals surface area contributed by atoms with E-state index in [1.165, 1.54) is 0 Å². The molecule has 0 aromatic rings. The van der Waals surface area contributed by atoms with Gasteiger partial charge >= 0.3 is 6.09 Å². The normalized spacial score (nSPS) is 20.5. The molecule has 0 radical (unpaired) electrons. The summed E-state index contributed by atoms with van der Waals surface area (Å²) in [6.07, 6.45) is -0.705. The van der Waals surface area contributed by atoms with Gasteiger partial charge in [-0.2, -0.15) is 0 Å². The number of carbonyl (C=O) groups is 1. The molecular formula is C6H6BrCl3N2O3. The average molecular weight is 340 g/mol. The van der Waals surface area contributed by atoms with Crippen molar-refractivity contribution in [2.45, 2.75) is 9.83 Å². The predicted octanol–water partition coefficient (Wildman–Crippen LogP) is 2.19. The van der Waals surface area contributed by atoms with Crippen LogP contribution in [0.2, 0.25) is 0 Å². The fourth-order valence-corrected chi connectivity index (χ4v) is 1.25. The number of hydrogen-bond acceptors (Lipinski definition) is 4. The van der Waals surface area contributed by atoms with Gasteiger partial charge in [0, 0.05) is 0 Å². The van der Waals surface area contributed by atoms with Crippen molar-refractivity contribution in [3.8, 4) is 0 Å². The molecule has 15 heavy (non-hydrogen) atoms. The standard InChI is InChI=1S/C6H6BrCl3N2O3/c7-4-3(1-15-12-4)11-5(13)14-2-6(8,9)10/h3H,1-2H2,(H,11,13). The van der Waals surface area contributed by atoms with Crippen molar-refractivity contribution < 1.29 is 14.4 Å². The molecule has 0 aliphatic carbocycles. The molecule has 1 rings (SSSR count). The molecule has 1 heterocycles. The number of nitrogens with one attached hydrogen (secondary N) is 1. The van der Waals surface area contributed by atoms with E-state index < -0.39 is 9.89 Å². The van der Waals surface area contributed by atoms with E-state index in [1.807, 2.05) is 0 Å². The van der Waals surface area contributed by atoms with E-state index in [4.69, 9.17) is 39.6 Å². The van der Waals surface area contributed by atoms with Crippen LogP contribution < -0.4 is 5.32 Å². The summed E-state index contributed by atoms with van der Waals surface area (Å²) in [5.74, 6) is 0. The van der Waals surface area contributed by atoms with Gasteiger partial charge in [-0.15, -0.1) is 0 Å². The highest BCUT2D eigenvalue weighted by Crippen LogP contribution is 2.25. The number of halogens is 4. The van der Waals surface area contributed by atoms with Crippen molar-refractivity contribution >= 4 is 61.4 Å². The third kappa shape index (κ3) is 5.10. The quantitative estimate of drug-likeness (QED) is 0.784. The van der Waals surface area contributed by atoms with Crippen LogP contribution in [0.4, 0.5) is 4.79 Å². The van der Waals surface area contributed by atoms with Gasteiger partial charge < -0.3 is 14.9 Å². The van der Waals surface area contributed by atoms with Crippen molar-refractivity contribution in [1.82, 2.24) is 5.32 Å². The molecule has 1 aliphatic rings. The Hall–Kier alpha value is 0.0900. The van der Waals surface area contributed by atoms with Crippen LogP contribution in [0, 0.1) is 0 Å². The van der Waals surface area contributed by atoms with Crippen LogP contribution in [0.1, 0.15) is 0 Å². The SMILES string of the molecule is O=C(NC1CON=C1Br)OCC(Cl)(Cl)Cl. The second-order valence-electron chi connectivity index (χ2n) is 2.60. The van der Waals surface area contributed by atoms with Gasteiger partial charge in [0.15, 0.2) is 0 Å². The smallest absolute Gasteiger partial charge is 0.407 e. The Morgan fingerprint density at radius 3 is 2.87 bits per heavy atom. The molecular weight excluding hydrogens is 334 g/mol. The number of alkyl carbamates (subject to hydrolysis) is 1. The Morgan fingerprint density at radius 2 is 2.40 bits per heavy atom. The molecule has 1 N–H and O–H groups in total. The molecule has 1 atom stereocenters. The Balaban J connectivity index is 2.28. The summed E-state index contributed by atoms with van der Waals surface area (Å²) in [6.45, 7) is -0.0880. The Kier molecular flexibility index (Phi) is 4.76. The lowest BCUT2D eigenvalue weighted by molar-refractivity contribution is 0.133. The van der Waals surface area contributed by atoms with Gasteiger partial charge in [-0.1, -0.05) is 40.0 Å². The monoisotopic (exact) mass is 338 g/mol. The lowest BCUT2D eigenvalue weighted by Gasteiger charge is -2.13. The van der Waals surface area contributed by atoms with Crippen molar-refractivity contribution in [2.24, 2.45) is 5.16 Å². The molecule has 1 amide bonds. The first-order valence-electron chi connectivity index (χ1n) is 3.74. The van der Waals surface area contributed by atoms with Crippen LogP contribution in [0.3, 0.4) is 0 Å². The first-order valence-corrected chi connectivity index (χ1v) is 5.66. The van der Waals surface area contributed by atoms with E-state index in [-0.39, 0.29) is 19.3 Å². The zero-order valence-electron chi connectivity index (χ0n) is 7.18. The number of rotatable bonds is 2. The third-order valence-electron chi connectivity index (χ3n) is 1.34. The van der Waals surface area contributed by atoms with Gasteiger partial charge in [0.1, 0.15) is 23.9 Å². The number of oxime groups is 1. The molecule has 0 bridgehead atoms. The van der Waals surface area contributed by atoms with E-state index in [0.29, 0.717) is 4.62 Å². The Labute approximate surface area is 109 Å². The summed E-state index contributed by atoms with van der Waals surface area (Å²) >= 11 is 19.3. The fourth-order valence-electron chi connectivity index (χ4n) is 0.738. The minimum absolute atomic E-state index is 0.240. The van der Waals surface area contributed by atoms with Crippen LogP contribution in [0.25, 0.3) is 0 Å². The van der Waals surface area contributed by atoms with Gasteiger partial charge in [-0.3, -0.25) is 0 Å². The third-order valence-corrected chi connectivity index (χ3v) is 2.36. The molecule has 0 saturated carbocycles. The van der Waals surface area contributed by atoms with Gasteiger partial charge in [-0.25, -0.2) is 4.79 Å². The zero-order valence-corrected chi connectivity index (χ0v) is 11.0. The van der Waals surface area contributed by atoms with E-state index in [1.54, 1.807) is 0 Å². The van der Waals surface area contributed by atoms with Crippen LogP contribution >= 0.6 is 50.7 Å². The van der Waals surface area contributed by atoms with Crippen molar-refractivity contribution in [2.75, 3.05) is 13.2 Å². The number of carbonyl (C=O) groups excluding carboxylic acids is 1. The zero-order chi connectivity index (χ0) is 11.5. The van der Waals surface area contributed by atoms with Crippen LogP contribution in [0.5, 0.6) is 0 Å². The van der Waals surface area contributed by atoms with Crippen LogP contribution in [-0.2, 0) is 9.57 Å². The maximum Gasteiger partial charge on any atom is 0.407 e. The maximum atomic E-state index is 11.2. The summed E-state index contributed by atoms with van der Waals surface area (Å²) in [5, 5.41) is 6.03. The van der Waals surface area contributed by atoms with Gasteiger partial charge in [0.2, 0.25) is 3.79 Å². The maximum absolute atomic E-state index is 11.2. The highest BCUT2D eigenvalue weighted by Gasteiger charge is 2.26.